The first kappa shape index (κ1) is 16.3. The van der Waals surface area contributed by atoms with Crippen molar-refractivity contribution >= 4 is 10.9 Å². The first-order valence-corrected chi connectivity index (χ1v) is 9.11. The van der Waals surface area contributed by atoms with E-state index in [2.05, 4.69) is 44.5 Å². The van der Waals surface area contributed by atoms with Crippen LogP contribution in [-0.2, 0) is 6.42 Å². The number of nitrogens with one attached hydrogen (secondary N) is 1. The Morgan fingerprint density at radius 1 is 1.16 bits per heavy atom. The summed E-state index contributed by atoms with van der Waals surface area (Å²) >= 11 is 0. The minimum atomic E-state index is 0.345. The Morgan fingerprint density at radius 2 is 1.96 bits per heavy atom. The third-order valence-corrected chi connectivity index (χ3v) is 5.35. The van der Waals surface area contributed by atoms with Crippen LogP contribution in [-0.4, -0.2) is 56.0 Å². The number of hydrogen-bond acceptors (Lipinski definition) is 4. The highest BCUT2D eigenvalue weighted by molar-refractivity contribution is 5.85. The summed E-state index contributed by atoms with van der Waals surface area (Å²) in [4.78, 5) is 5.91. The lowest BCUT2D eigenvalue weighted by Gasteiger charge is -2.30. The second-order valence-corrected chi connectivity index (χ2v) is 6.98. The van der Waals surface area contributed by atoms with Gasteiger partial charge in [-0.05, 0) is 75.0 Å². The van der Waals surface area contributed by atoms with E-state index in [0.717, 1.165) is 51.0 Å². The molecule has 1 saturated heterocycles. The van der Waals surface area contributed by atoms with E-state index in [1.165, 1.54) is 16.5 Å². The van der Waals surface area contributed by atoms with Gasteiger partial charge in [-0.25, -0.2) is 0 Å². The van der Waals surface area contributed by atoms with Gasteiger partial charge in [0, 0.05) is 29.4 Å². The van der Waals surface area contributed by atoms with Crippen LogP contribution in [0.4, 0.5) is 0 Å². The fourth-order valence-corrected chi connectivity index (χ4v) is 3.75. The van der Waals surface area contributed by atoms with Crippen LogP contribution in [0.5, 0.6) is 0 Å². The number of hydrogen-bond donors (Lipinski definition) is 2. The van der Waals surface area contributed by atoms with E-state index < -0.39 is 0 Å². The molecule has 25 heavy (non-hydrogen) atoms. The third kappa shape index (κ3) is 3.60. The minimum absolute atomic E-state index is 0.345. The van der Waals surface area contributed by atoms with Crippen LogP contribution in [0.15, 0.2) is 37.1 Å². The van der Waals surface area contributed by atoms with Crippen LogP contribution in [0, 0.1) is 5.92 Å². The first-order valence-electron chi connectivity index (χ1n) is 9.11. The number of fused-ring (bicyclic) bond motifs is 1. The molecule has 3 aromatic rings. The zero-order chi connectivity index (χ0) is 17.1. The van der Waals surface area contributed by atoms with Crippen molar-refractivity contribution in [3.05, 3.63) is 42.6 Å². The lowest BCUT2D eigenvalue weighted by molar-refractivity contribution is 0.131. The molecule has 0 spiro atoms. The van der Waals surface area contributed by atoms with Gasteiger partial charge >= 0.3 is 0 Å². The molecule has 1 aliphatic heterocycles. The molecule has 0 aliphatic carbocycles. The number of aryl methyl sites for hydroxylation is 1. The number of aromatic amines is 1. The zero-order valence-electron chi connectivity index (χ0n) is 14.4. The average molecular weight is 339 g/mol. The summed E-state index contributed by atoms with van der Waals surface area (Å²) in [6.45, 7) is 3.72. The molecule has 4 rings (SSSR count). The summed E-state index contributed by atoms with van der Waals surface area (Å²) < 4.78 is 1.93. The molecule has 2 N–H and O–H groups in total. The first-order chi connectivity index (χ1) is 12.3. The normalized spacial score (nSPS) is 16.7. The molecule has 1 aliphatic rings. The van der Waals surface area contributed by atoms with Crippen molar-refractivity contribution in [1.29, 1.82) is 0 Å². The molecule has 1 aromatic carbocycles. The van der Waals surface area contributed by atoms with Crippen molar-refractivity contribution in [3.8, 4) is 5.69 Å². The monoisotopic (exact) mass is 339 g/mol. The SMILES string of the molecule is OCC1CCN(CCCc2c[nH]c3ccc(-n4cnnc4)cc23)CC1. The molecule has 0 radical (unpaired) electrons. The molecule has 1 fully saturated rings. The van der Waals surface area contributed by atoms with Crippen LogP contribution in [0.25, 0.3) is 16.6 Å². The quantitative estimate of drug-likeness (QED) is 0.723. The zero-order valence-corrected chi connectivity index (χ0v) is 14.4. The van der Waals surface area contributed by atoms with Crippen molar-refractivity contribution < 1.29 is 5.11 Å². The molecule has 132 valence electrons. The van der Waals surface area contributed by atoms with E-state index in [0.29, 0.717) is 12.5 Å². The molecule has 6 nitrogen and oxygen atoms in total. The van der Waals surface area contributed by atoms with Gasteiger partial charge in [0.15, 0.2) is 0 Å². The Hall–Kier alpha value is -2.18. The highest BCUT2D eigenvalue weighted by atomic mass is 16.3. The van der Waals surface area contributed by atoms with Crippen LogP contribution in [0.2, 0.25) is 0 Å². The number of H-pyrrole nitrogens is 1. The number of nitrogens with zero attached hydrogens (tertiary/aromatic N) is 4. The van der Waals surface area contributed by atoms with Gasteiger partial charge in [0.05, 0.1) is 0 Å². The lowest BCUT2D eigenvalue weighted by Crippen LogP contribution is -2.35. The number of rotatable bonds is 6. The van der Waals surface area contributed by atoms with Gasteiger partial charge in [-0.15, -0.1) is 10.2 Å². The van der Waals surface area contributed by atoms with E-state index in [4.69, 9.17) is 0 Å². The number of piperidine rings is 1. The molecule has 0 saturated carbocycles. The standard InChI is InChI=1S/C19H25N5O/c25-12-15-5-8-23(9-6-15)7-1-2-16-11-20-19-4-3-17(10-18(16)19)24-13-21-22-14-24/h3-4,10-11,13-15,20,25H,1-2,5-9,12H2. The highest BCUT2D eigenvalue weighted by Crippen LogP contribution is 2.23. The van der Waals surface area contributed by atoms with Crippen molar-refractivity contribution in [2.45, 2.75) is 25.7 Å². The lowest BCUT2D eigenvalue weighted by atomic mass is 9.97. The molecule has 0 amide bonds. The Balaban J connectivity index is 1.39. The minimum Gasteiger partial charge on any atom is -0.396 e. The maximum Gasteiger partial charge on any atom is 0.123 e. The van der Waals surface area contributed by atoms with Gasteiger partial charge in [0.1, 0.15) is 12.7 Å². The molecule has 6 heteroatoms. The number of likely N-dealkylation sites (tertiary alicyclic amines) is 1. The number of aromatic nitrogens is 4. The maximum atomic E-state index is 9.24. The number of aliphatic hydroxyl groups excluding tert-OH is 1. The van der Waals surface area contributed by atoms with Gasteiger partial charge in [0.25, 0.3) is 0 Å². The average Bonchev–Trinajstić information content (AvgIpc) is 3.32. The summed E-state index contributed by atoms with van der Waals surface area (Å²) in [5.41, 5.74) is 3.63. The van der Waals surface area contributed by atoms with E-state index in [-0.39, 0.29) is 0 Å². The van der Waals surface area contributed by atoms with E-state index in [1.807, 2.05) is 4.57 Å². The Morgan fingerprint density at radius 3 is 2.72 bits per heavy atom. The summed E-state index contributed by atoms with van der Waals surface area (Å²) in [5, 5.41) is 18.3. The van der Waals surface area contributed by atoms with Crippen molar-refractivity contribution in [1.82, 2.24) is 24.6 Å². The van der Waals surface area contributed by atoms with Crippen LogP contribution in [0.1, 0.15) is 24.8 Å². The molecule has 2 aromatic heterocycles. The second kappa shape index (κ2) is 7.37. The van der Waals surface area contributed by atoms with Crippen LogP contribution in [0.3, 0.4) is 0 Å². The van der Waals surface area contributed by atoms with Gasteiger partial charge in [-0.3, -0.25) is 4.57 Å². The highest BCUT2D eigenvalue weighted by Gasteiger charge is 2.18. The number of aliphatic hydroxyl groups is 1. The van der Waals surface area contributed by atoms with Gasteiger partial charge in [0.2, 0.25) is 0 Å². The van der Waals surface area contributed by atoms with Gasteiger partial charge in [-0.1, -0.05) is 0 Å². The van der Waals surface area contributed by atoms with Crippen LogP contribution >= 0.6 is 0 Å². The maximum absolute atomic E-state index is 9.24. The molecular formula is C19H25N5O. The topological polar surface area (TPSA) is 70.0 Å². The number of benzene rings is 1. The van der Waals surface area contributed by atoms with Crippen molar-refractivity contribution in [2.24, 2.45) is 5.92 Å². The fraction of sp³-hybridized carbons (Fsp3) is 0.474. The smallest absolute Gasteiger partial charge is 0.123 e. The summed E-state index contributed by atoms with van der Waals surface area (Å²) in [6.07, 6.45) is 10.1. The van der Waals surface area contributed by atoms with Gasteiger partial charge in [-0.2, -0.15) is 0 Å². The Bertz CT molecular complexity index is 802. The largest absolute Gasteiger partial charge is 0.396 e. The summed E-state index contributed by atoms with van der Waals surface area (Å²) in [6, 6.07) is 6.41. The van der Waals surface area contributed by atoms with Crippen molar-refractivity contribution in [3.63, 3.8) is 0 Å². The predicted octanol–water partition coefficient (Wildman–Crippen LogP) is 2.39. The summed E-state index contributed by atoms with van der Waals surface area (Å²) in [5.74, 6) is 0.515. The van der Waals surface area contributed by atoms with E-state index in [9.17, 15) is 5.11 Å². The third-order valence-electron chi connectivity index (χ3n) is 5.35. The van der Waals surface area contributed by atoms with E-state index >= 15 is 0 Å². The molecule has 0 atom stereocenters. The molecule has 0 unspecified atom stereocenters. The van der Waals surface area contributed by atoms with Gasteiger partial charge < -0.3 is 15.0 Å². The van der Waals surface area contributed by atoms with Crippen LogP contribution < -0.4 is 0 Å². The predicted molar refractivity (Wildman–Crippen MR) is 97.8 cm³/mol. The van der Waals surface area contributed by atoms with E-state index in [1.54, 1.807) is 12.7 Å². The molecule has 3 heterocycles. The fourth-order valence-electron chi connectivity index (χ4n) is 3.75. The molecule has 0 bridgehead atoms. The summed E-state index contributed by atoms with van der Waals surface area (Å²) in [7, 11) is 0. The molecular weight excluding hydrogens is 314 g/mol. The Labute approximate surface area is 147 Å². The second-order valence-electron chi connectivity index (χ2n) is 6.98. The Kier molecular flexibility index (Phi) is 4.81. The van der Waals surface area contributed by atoms with Crippen molar-refractivity contribution in [2.75, 3.05) is 26.2 Å².